The summed E-state index contributed by atoms with van der Waals surface area (Å²) < 4.78 is 0. The summed E-state index contributed by atoms with van der Waals surface area (Å²) in [7, 11) is 0. The van der Waals surface area contributed by atoms with Crippen molar-refractivity contribution in [3.63, 3.8) is 0 Å². The van der Waals surface area contributed by atoms with Crippen LogP contribution in [-0.4, -0.2) is 30.6 Å². The normalized spacial score (nSPS) is 15.4. The predicted molar refractivity (Wildman–Crippen MR) is 68.9 cm³/mol. The standard InChI is InChI=1S/C13H16ClNO2/c14-12-6-1-3-10(9-17)13(12)15(7-8-16)11-4-2-5-11/h1,3,6,9,11,16H,2,4-5,7-8H2. The summed E-state index contributed by atoms with van der Waals surface area (Å²) in [5, 5.41) is 9.73. The number of para-hydroxylation sites is 1. The van der Waals surface area contributed by atoms with Gasteiger partial charge in [-0.05, 0) is 31.4 Å². The van der Waals surface area contributed by atoms with Crippen molar-refractivity contribution in [3.05, 3.63) is 28.8 Å². The van der Waals surface area contributed by atoms with Gasteiger partial charge in [-0.15, -0.1) is 0 Å². The predicted octanol–water partition coefficient (Wildman–Crippen LogP) is 2.50. The number of hydrogen-bond donors (Lipinski definition) is 1. The molecule has 2 rings (SSSR count). The van der Waals surface area contributed by atoms with Gasteiger partial charge in [0.25, 0.3) is 0 Å². The number of carbonyl (C=O) groups is 1. The van der Waals surface area contributed by atoms with Crippen LogP contribution in [0.5, 0.6) is 0 Å². The molecule has 0 bridgehead atoms. The lowest BCUT2D eigenvalue weighted by Gasteiger charge is -2.40. The molecule has 1 fully saturated rings. The quantitative estimate of drug-likeness (QED) is 0.820. The summed E-state index contributed by atoms with van der Waals surface area (Å²) in [5.74, 6) is 0. The second kappa shape index (κ2) is 5.52. The van der Waals surface area contributed by atoms with Gasteiger partial charge >= 0.3 is 0 Å². The molecule has 0 heterocycles. The molecule has 1 saturated carbocycles. The van der Waals surface area contributed by atoms with Gasteiger partial charge in [-0.1, -0.05) is 17.7 Å². The molecule has 17 heavy (non-hydrogen) atoms. The van der Waals surface area contributed by atoms with Crippen LogP contribution in [0.25, 0.3) is 0 Å². The minimum Gasteiger partial charge on any atom is -0.395 e. The van der Waals surface area contributed by atoms with Crippen molar-refractivity contribution >= 4 is 23.6 Å². The number of rotatable bonds is 5. The molecule has 4 heteroatoms. The Balaban J connectivity index is 2.36. The number of benzene rings is 1. The van der Waals surface area contributed by atoms with Gasteiger partial charge in [0.15, 0.2) is 6.29 Å². The van der Waals surface area contributed by atoms with Crippen LogP contribution in [-0.2, 0) is 0 Å². The fourth-order valence-electron chi connectivity index (χ4n) is 2.21. The Morgan fingerprint density at radius 1 is 1.47 bits per heavy atom. The van der Waals surface area contributed by atoms with Crippen LogP contribution in [0, 0.1) is 0 Å². The van der Waals surface area contributed by atoms with E-state index in [-0.39, 0.29) is 6.61 Å². The maximum absolute atomic E-state index is 11.1. The highest BCUT2D eigenvalue weighted by atomic mass is 35.5. The zero-order valence-corrected chi connectivity index (χ0v) is 10.4. The zero-order chi connectivity index (χ0) is 12.3. The fourth-order valence-corrected chi connectivity index (χ4v) is 2.50. The second-order valence-corrected chi connectivity index (χ2v) is 4.70. The van der Waals surface area contributed by atoms with E-state index in [0.717, 1.165) is 24.8 Å². The molecular formula is C13H16ClNO2. The van der Waals surface area contributed by atoms with Crippen LogP contribution in [0.1, 0.15) is 29.6 Å². The van der Waals surface area contributed by atoms with Gasteiger partial charge in [-0.25, -0.2) is 0 Å². The molecule has 3 nitrogen and oxygen atoms in total. The highest BCUT2D eigenvalue weighted by molar-refractivity contribution is 6.34. The monoisotopic (exact) mass is 253 g/mol. The van der Waals surface area contributed by atoms with Gasteiger partial charge in [0.2, 0.25) is 0 Å². The largest absolute Gasteiger partial charge is 0.395 e. The van der Waals surface area contributed by atoms with Crippen LogP contribution in [0.3, 0.4) is 0 Å². The molecule has 1 aliphatic carbocycles. The van der Waals surface area contributed by atoms with E-state index in [9.17, 15) is 4.79 Å². The molecule has 0 aliphatic heterocycles. The maximum atomic E-state index is 11.1. The summed E-state index contributed by atoms with van der Waals surface area (Å²) in [6, 6.07) is 5.72. The Hall–Kier alpha value is -1.06. The van der Waals surface area contributed by atoms with Crippen LogP contribution in [0.4, 0.5) is 5.69 Å². The molecule has 0 amide bonds. The number of aliphatic hydroxyl groups excluding tert-OH is 1. The lowest BCUT2D eigenvalue weighted by atomic mass is 9.90. The van der Waals surface area contributed by atoms with Crippen molar-refractivity contribution in [2.45, 2.75) is 25.3 Å². The highest BCUT2D eigenvalue weighted by Gasteiger charge is 2.27. The van der Waals surface area contributed by atoms with Crippen molar-refractivity contribution in [1.29, 1.82) is 0 Å². The molecule has 1 N–H and O–H groups in total. The Labute approximate surface area is 106 Å². The first-order valence-corrected chi connectivity index (χ1v) is 6.27. The first-order valence-electron chi connectivity index (χ1n) is 5.89. The maximum Gasteiger partial charge on any atom is 0.152 e. The van der Waals surface area contributed by atoms with E-state index in [4.69, 9.17) is 16.7 Å². The smallest absolute Gasteiger partial charge is 0.152 e. The van der Waals surface area contributed by atoms with Gasteiger partial charge < -0.3 is 10.0 Å². The topological polar surface area (TPSA) is 40.5 Å². The Kier molecular flexibility index (Phi) is 4.02. The van der Waals surface area contributed by atoms with E-state index in [0.29, 0.717) is 23.2 Å². The van der Waals surface area contributed by atoms with Crippen molar-refractivity contribution in [1.82, 2.24) is 0 Å². The van der Waals surface area contributed by atoms with Crippen molar-refractivity contribution in [2.75, 3.05) is 18.1 Å². The third kappa shape index (κ3) is 2.45. The Bertz CT molecular complexity index is 404. The Morgan fingerprint density at radius 2 is 2.24 bits per heavy atom. The molecule has 0 atom stereocenters. The average Bonchev–Trinajstić information content (AvgIpc) is 2.26. The number of aldehydes is 1. The number of anilines is 1. The molecule has 1 aromatic rings. The number of aliphatic hydroxyl groups is 1. The summed E-state index contributed by atoms with van der Waals surface area (Å²) in [6.07, 6.45) is 4.23. The molecule has 1 aliphatic rings. The van der Waals surface area contributed by atoms with Gasteiger partial charge in [0, 0.05) is 18.2 Å². The van der Waals surface area contributed by atoms with E-state index in [1.807, 2.05) is 0 Å². The molecule has 0 unspecified atom stereocenters. The molecule has 0 radical (unpaired) electrons. The van der Waals surface area contributed by atoms with Crippen LogP contribution in [0.15, 0.2) is 18.2 Å². The zero-order valence-electron chi connectivity index (χ0n) is 9.60. The number of halogens is 1. The molecule has 0 saturated heterocycles. The van der Waals surface area contributed by atoms with Gasteiger partial charge in [0.05, 0.1) is 17.3 Å². The van der Waals surface area contributed by atoms with Crippen molar-refractivity contribution in [3.8, 4) is 0 Å². The number of carbonyl (C=O) groups excluding carboxylic acids is 1. The van der Waals surface area contributed by atoms with Crippen LogP contribution < -0.4 is 4.90 Å². The summed E-state index contributed by atoms with van der Waals surface area (Å²) in [5.41, 5.74) is 1.36. The molecule has 92 valence electrons. The van der Waals surface area contributed by atoms with Crippen LogP contribution in [0.2, 0.25) is 5.02 Å². The van der Waals surface area contributed by atoms with E-state index < -0.39 is 0 Å². The summed E-state index contributed by atoms with van der Waals surface area (Å²) in [6.45, 7) is 0.593. The van der Waals surface area contributed by atoms with Crippen molar-refractivity contribution in [2.24, 2.45) is 0 Å². The molecule has 0 spiro atoms. The van der Waals surface area contributed by atoms with E-state index in [1.54, 1.807) is 18.2 Å². The SMILES string of the molecule is O=Cc1cccc(Cl)c1N(CCO)C1CCC1. The van der Waals surface area contributed by atoms with Gasteiger partial charge in [0.1, 0.15) is 0 Å². The number of hydrogen-bond acceptors (Lipinski definition) is 3. The lowest BCUT2D eigenvalue weighted by Crippen LogP contribution is -2.42. The highest BCUT2D eigenvalue weighted by Crippen LogP contribution is 2.35. The summed E-state index contributed by atoms with van der Waals surface area (Å²) >= 11 is 6.18. The van der Waals surface area contributed by atoms with E-state index in [2.05, 4.69) is 4.90 Å². The van der Waals surface area contributed by atoms with Crippen LogP contribution >= 0.6 is 11.6 Å². The molecular weight excluding hydrogens is 238 g/mol. The summed E-state index contributed by atoms with van der Waals surface area (Å²) in [4.78, 5) is 13.1. The first kappa shape index (κ1) is 12.4. The van der Waals surface area contributed by atoms with E-state index in [1.165, 1.54) is 6.42 Å². The molecule has 0 aromatic heterocycles. The fraction of sp³-hybridized carbons (Fsp3) is 0.462. The Morgan fingerprint density at radius 3 is 2.76 bits per heavy atom. The van der Waals surface area contributed by atoms with Gasteiger partial charge in [-0.2, -0.15) is 0 Å². The number of nitrogens with zero attached hydrogens (tertiary/aromatic N) is 1. The second-order valence-electron chi connectivity index (χ2n) is 4.30. The lowest BCUT2D eigenvalue weighted by molar-refractivity contribution is 0.112. The third-order valence-corrected chi connectivity index (χ3v) is 3.59. The molecule has 1 aromatic carbocycles. The minimum absolute atomic E-state index is 0.0695. The minimum atomic E-state index is 0.0695. The first-order chi connectivity index (χ1) is 8.27. The van der Waals surface area contributed by atoms with E-state index >= 15 is 0 Å². The average molecular weight is 254 g/mol. The van der Waals surface area contributed by atoms with Gasteiger partial charge in [-0.3, -0.25) is 4.79 Å². The third-order valence-electron chi connectivity index (χ3n) is 3.29. The van der Waals surface area contributed by atoms with Crippen molar-refractivity contribution < 1.29 is 9.90 Å².